The van der Waals surface area contributed by atoms with Gasteiger partial charge in [-0.05, 0) is 67.1 Å². The van der Waals surface area contributed by atoms with Crippen molar-refractivity contribution in [2.75, 3.05) is 63.8 Å². The Hall–Kier alpha value is -5.09. The number of rotatable bonds is 20. The third-order valence-corrected chi connectivity index (χ3v) is 9.71. The number of ether oxygens (including phenoxy) is 4. The first kappa shape index (κ1) is 40.1. The number of halogens is 1. The summed E-state index contributed by atoms with van der Waals surface area (Å²) in [5.74, 6) is -2.77. The molecule has 1 heterocycles. The van der Waals surface area contributed by atoms with Crippen LogP contribution in [0.5, 0.6) is 0 Å². The molecule has 54 heavy (non-hydrogen) atoms. The summed E-state index contributed by atoms with van der Waals surface area (Å²) in [5.41, 5.74) is 3.55. The second-order valence-electron chi connectivity index (χ2n) is 12.5. The molecular formula is C39H43FN2O11S. The second-order valence-corrected chi connectivity index (χ2v) is 14.4. The summed E-state index contributed by atoms with van der Waals surface area (Å²) in [4.78, 5) is 36.3. The Morgan fingerprint density at radius 3 is 2.22 bits per heavy atom. The largest absolute Gasteiger partial charge is 0.507 e. The summed E-state index contributed by atoms with van der Waals surface area (Å²) in [5, 5.41) is 13.3. The van der Waals surface area contributed by atoms with Crippen LogP contribution in [-0.2, 0) is 45.2 Å². The summed E-state index contributed by atoms with van der Waals surface area (Å²) in [6.45, 7) is 3.11. The zero-order chi connectivity index (χ0) is 38.8. The number of fused-ring (bicyclic) bond motifs is 1. The first-order chi connectivity index (χ1) is 25.9. The van der Waals surface area contributed by atoms with Gasteiger partial charge in [0, 0.05) is 35.7 Å². The molecular weight excluding hydrogens is 723 g/mol. The Morgan fingerprint density at radius 1 is 0.963 bits per heavy atom. The molecule has 1 fully saturated rings. The van der Waals surface area contributed by atoms with Crippen LogP contribution in [0.15, 0.2) is 71.2 Å². The predicted octanol–water partition coefficient (Wildman–Crippen LogP) is 5.52. The van der Waals surface area contributed by atoms with E-state index in [2.05, 4.69) is 10.1 Å². The maximum Gasteiger partial charge on any atom is 0.379 e. The molecule has 0 aliphatic heterocycles. The van der Waals surface area contributed by atoms with E-state index in [1.54, 1.807) is 37.3 Å². The van der Waals surface area contributed by atoms with Crippen LogP contribution in [0.25, 0.3) is 28.1 Å². The molecule has 0 unspecified atom stereocenters. The van der Waals surface area contributed by atoms with Crippen molar-refractivity contribution in [3.05, 3.63) is 94.8 Å². The van der Waals surface area contributed by atoms with Crippen molar-refractivity contribution in [1.29, 1.82) is 0 Å². The monoisotopic (exact) mass is 766 g/mol. The number of sulfonamides is 1. The number of aliphatic hydroxyl groups is 1. The number of carbonyl (C=O) groups is 3. The molecule has 13 nitrogen and oxygen atoms in total. The second kappa shape index (κ2) is 18.3. The highest BCUT2D eigenvalue weighted by atomic mass is 32.2. The number of carbonyl (C=O) groups excluding carboxylic acids is 3. The number of benzene rings is 3. The van der Waals surface area contributed by atoms with Gasteiger partial charge in [0.2, 0.25) is 10.0 Å². The number of esters is 1. The number of furan rings is 1. The number of hydrogen-bond acceptors (Lipinski definition) is 11. The lowest BCUT2D eigenvalue weighted by molar-refractivity contribution is -0.151. The van der Waals surface area contributed by atoms with Gasteiger partial charge in [-0.3, -0.25) is 13.9 Å². The number of anilines is 1. The van der Waals surface area contributed by atoms with Crippen molar-refractivity contribution in [3.8, 4) is 11.3 Å². The van der Waals surface area contributed by atoms with E-state index in [0.717, 1.165) is 36.3 Å². The molecule has 0 radical (unpaired) electrons. The predicted molar refractivity (Wildman–Crippen MR) is 199 cm³/mol. The number of hydrogen-bond donors (Lipinski definition) is 2. The van der Waals surface area contributed by atoms with E-state index in [9.17, 15) is 32.3 Å². The minimum absolute atomic E-state index is 0.0368. The Labute approximate surface area is 312 Å². The van der Waals surface area contributed by atoms with Crippen LogP contribution in [0.3, 0.4) is 0 Å². The lowest BCUT2D eigenvalue weighted by atomic mass is 10.0. The van der Waals surface area contributed by atoms with Crippen LogP contribution in [0.1, 0.15) is 52.7 Å². The first-order valence-corrected chi connectivity index (χ1v) is 19.3. The molecule has 5 rings (SSSR count). The maximum atomic E-state index is 13.7. The smallest absolute Gasteiger partial charge is 0.379 e. The summed E-state index contributed by atoms with van der Waals surface area (Å²) >= 11 is 0. The molecule has 1 aliphatic carbocycles. The van der Waals surface area contributed by atoms with Gasteiger partial charge in [-0.2, -0.15) is 0 Å². The molecule has 0 atom stereocenters. The molecule has 288 valence electrons. The standard InChI is InChI=1S/C39H43FN2O11S/c1-4-52-39(46)34(44)23-33(43)27-7-5-25(6-8-27)24-51-20-19-50-18-17-49-16-15-42(54(3,47)48)32-22-35-31(21-30(32)26-9-10-26)36(38(45)41-2)37(53-35)28-11-13-29(40)14-12-28/h5-8,11-14,21-23,26,43H,4,9-10,15-20,24H2,1-3H3,(H,41,45). The highest BCUT2D eigenvalue weighted by Gasteiger charge is 2.33. The fourth-order valence-electron chi connectivity index (χ4n) is 5.72. The number of aliphatic hydroxyl groups excluding tert-OH is 1. The normalized spacial score (nSPS) is 13.2. The molecule has 3 aromatic carbocycles. The van der Waals surface area contributed by atoms with Gasteiger partial charge >= 0.3 is 5.97 Å². The van der Waals surface area contributed by atoms with Gasteiger partial charge in [-0.25, -0.2) is 17.6 Å². The van der Waals surface area contributed by atoms with Gasteiger partial charge in [0.15, 0.2) is 0 Å². The van der Waals surface area contributed by atoms with Crippen LogP contribution >= 0.6 is 0 Å². The summed E-state index contributed by atoms with van der Waals surface area (Å²) in [7, 11) is -2.24. The molecule has 1 aliphatic rings. The lowest BCUT2D eigenvalue weighted by Crippen LogP contribution is -2.34. The summed E-state index contributed by atoms with van der Waals surface area (Å²) < 4.78 is 68.9. The quantitative estimate of drug-likeness (QED) is 0.0382. The van der Waals surface area contributed by atoms with E-state index in [-0.39, 0.29) is 62.9 Å². The minimum atomic E-state index is -3.75. The van der Waals surface area contributed by atoms with Crippen LogP contribution in [-0.4, -0.2) is 90.7 Å². The van der Waals surface area contributed by atoms with E-state index < -0.39 is 27.6 Å². The molecule has 4 aromatic rings. The topological polar surface area (TPSA) is 171 Å². The van der Waals surface area contributed by atoms with Crippen LogP contribution in [0.4, 0.5) is 10.1 Å². The average Bonchev–Trinajstić information content (AvgIpc) is 3.93. The Morgan fingerprint density at radius 2 is 1.61 bits per heavy atom. The van der Waals surface area contributed by atoms with Crippen molar-refractivity contribution < 1.29 is 55.7 Å². The van der Waals surface area contributed by atoms with E-state index in [4.69, 9.17) is 18.6 Å². The third kappa shape index (κ3) is 10.3. The SMILES string of the molecule is CCOC(=O)C(=O)C=C(O)c1ccc(COCCOCCOCCN(c2cc3oc(-c4ccc(F)cc4)c(C(=O)NC)c3cc2C2CC2)S(C)(=O)=O)cc1. The van der Waals surface area contributed by atoms with Gasteiger partial charge < -0.3 is 33.8 Å². The third-order valence-electron chi connectivity index (χ3n) is 8.53. The van der Waals surface area contributed by atoms with Crippen LogP contribution < -0.4 is 9.62 Å². The Balaban J connectivity index is 1.12. The number of nitrogens with one attached hydrogen (secondary N) is 1. The highest BCUT2D eigenvalue weighted by Crippen LogP contribution is 2.48. The van der Waals surface area contributed by atoms with Crippen molar-refractivity contribution in [1.82, 2.24) is 5.32 Å². The molecule has 1 saturated carbocycles. The van der Waals surface area contributed by atoms with E-state index >= 15 is 0 Å². The lowest BCUT2D eigenvalue weighted by Gasteiger charge is -2.25. The Bertz CT molecular complexity index is 2090. The van der Waals surface area contributed by atoms with Crippen molar-refractivity contribution in [2.45, 2.75) is 32.3 Å². The Kier molecular flexibility index (Phi) is 13.6. The van der Waals surface area contributed by atoms with Gasteiger partial charge in [-0.15, -0.1) is 0 Å². The highest BCUT2D eigenvalue weighted by molar-refractivity contribution is 7.92. The number of amides is 1. The minimum Gasteiger partial charge on any atom is -0.507 e. The summed E-state index contributed by atoms with van der Waals surface area (Å²) in [6.07, 6.45) is 3.70. The molecule has 15 heteroatoms. The zero-order valence-corrected chi connectivity index (χ0v) is 31.1. The van der Waals surface area contributed by atoms with Crippen LogP contribution in [0, 0.1) is 5.82 Å². The van der Waals surface area contributed by atoms with Gasteiger partial charge in [0.05, 0.1) is 70.3 Å². The van der Waals surface area contributed by atoms with Crippen molar-refractivity contribution >= 4 is 50.1 Å². The fraction of sp³-hybridized carbons (Fsp3) is 0.359. The molecule has 0 bridgehead atoms. The summed E-state index contributed by atoms with van der Waals surface area (Å²) in [6, 6.07) is 15.7. The molecule has 2 N–H and O–H groups in total. The molecule has 1 amide bonds. The first-order valence-electron chi connectivity index (χ1n) is 17.4. The van der Waals surface area contributed by atoms with Gasteiger partial charge in [0.1, 0.15) is 22.9 Å². The molecule has 0 spiro atoms. The fourth-order valence-corrected chi connectivity index (χ4v) is 6.65. The van der Waals surface area contributed by atoms with E-state index in [1.165, 1.54) is 35.6 Å². The molecule has 0 saturated heterocycles. The van der Waals surface area contributed by atoms with Gasteiger partial charge in [-0.1, -0.05) is 24.3 Å². The van der Waals surface area contributed by atoms with E-state index in [1.807, 2.05) is 6.07 Å². The number of ketones is 1. The van der Waals surface area contributed by atoms with Crippen molar-refractivity contribution in [2.24, 2.45) is 0 Å². The number of nitrogens with zero attached hydrogens (tertiary/aromatic N) is 1. The maximum absolute atomic E-state index is 13.7. The van der Waals surface area contributed by atoms with Crippen molar-refractivity contribution in [3.63, 3.8) is 0 Å². The zero-order valence-electron chi connectivity index (χ0n) is 30.3. The van der Waals surface area contributed by atoms with E-state index in [0.29, 0.717) is 46.6 Å². The van der Waals surface area contributed by atoms with Gasteiger partial charge in [0.25, 0.3) is 11.7 Å². The molecule has 1 aromatic heterocycles. The average molecular weight is 767 g/mol. The van der Waals surface area contributed by atoms with Crippen LogP contribution in [0.2, 0.25) is 0 Å².